The van der Waals surface area contributed by atoms with Crippen molar-refractivity contribution >= 4 is 29.6 Å². The van der Waals surface area contributed by atoms with Gasteiger partial charge in [0.05, 0.1) is 11.5 Å². The normalized spacial score (nSPS) is 28.6. The van der Waals surface area contributed by atoms with Crippen LogP contribution < -0.4 is 5.32 Å². The summed E-state index contributed by atoms with van der Waals surface area (Å²) in [6.45, 7) is 0.394. The number of anilines is 1. The first kappa shape index (κ1) is 25.1. The minimum Gasteiger partial charge on any atom is -0.310 e. The summed E-state index contributed by atoms with van der Waals surface area (Å²) in [5.74, 6) is 0.208. The minimum atomic E-state index is -0.620. The largest absolute Gasteiger partial charge is 0.310 e. The van der Waals surface area contributed by atoms with Crippen LogP contribution in [0.4, 0.5) is 10.2 Å². The summed E-state index contributed by atoms with van der Waals surface area (Å²) in [5.41, 5.74) is 1.25. The van der Waals surface area contributed by atoms with Gasteiger partial charge in [-0.1, -0.05) is 49.3 Å². The summed E-state index contributed by atoms with van der Waals surface area (Å²) in [6.07, 6.45) is 17.0. The molecule has 1 aromatic heterocycles. The molecule has 0 bridgehead atoms. The van der Waals surface area contributed by atoms with Gasteiger partial charge in [0.15, 0.2) is 0 Å². The van der Waals surface area contributed by atoms with Gasteiger partial charge in [-0.25, -0.2) is 9.37 Å². The summed E-state index contributed by atoms with van der Waals surface area (Å²) in [5, 5.41) is 2.96. The number of dihydropyridines is 1. The number of allylic oxidation sites excluding steroid dienone is 2. The van der Waals surface area contributed by atoms with Crippen LogP contribution in [0.1, 0.15) is 62.5 Å². The zero-order chi connectivity index (χ0) is 27.3. The first-order chi connectivity index (χ1) is 19.5. The molecule has 3 atom stereocenters. The van der Waals surface area contributed by atoms with Crippen LogP contribution in [0.2, 0.25) is 0 Å². The number of pyridine rings is 1. The van der Waals surface area contributed by atoms with E-state index in [0.717, 1.165) is 49.7 Å². The Morgan fingerprint density at radius 2 is 1.88 bits per heavy atom. The van der Waals surface area contributed by atoms with Gasteiger partial charge in [0.2, 0.25) is 5.91 Å². The van der Waals surface area contributed by atoms with Crippen LogP contribution in [-0.2, 0) is 15.0 Å². The topological polar surface area (TPSA) is 87.0 Å². The average molecular weight is 538 g/mol. The first-order valence-electron chi connectivity index (χ1n) is 14.3. The van der Waals surface area contributed by atoms with Gasteiger partial charge >= 0.3 is 0 Å². The number of hydrogen-bond donors (Lipinski definition) is 1. The highest BCUT2D eigenvalue weighted by molar-refractivity contribution is 6.46. The van der Waals surface area contributed by atoms with Gasteiger partial charge in [0.25, 0.3) is 5.91 Å². The van der Waals surface area contributed by atoms with Crippen LogP contribution in [0.25, 0.3) is 0 Å². The predicted octanol–water partition coefficient (Wildman–Crippen LogP) is 5.14. The number of hydrogen-bond acceptors (Lipinski definition) is 5. The Balaban J connectivity index is 1.11. The fourth-order valence-electron chi connectivity index (χ4n) is 7.37. The van der Waals surface area contributed by atoms with E-state index in [1.165, 1.54) is 6.07 Å². The molecule has 4 heterocycles. The lowest BCUT2D eigenvalue weighted by molar-refractivity contribution is -0.127. The molecular weight excluding hydrogens is 505 g/mol. The van der Waals surface area contributed by atoms with Gasteiger partial charge < -0.3 is 10.2 Å². The SMILES string of the molecule is O=C1C(c2ccccc2F)=NC2(CCCCCC2)N1CC=CC1=CC2CC3(CC2N=C1)C(=O)Nc1ncccc13. The van der Waals surface area contributed by atoms with Gasteiger partial charge in [-0.05, 0) is 62.3 Å². The Morgan fingerprint density at radius 1 is 1.05 bits per heavy atom. The predicted molar refractivity (Wildman–Crippen MR) is 152 cm³/mol. The second-order valence-electron chi connectivity index (χ2n) is 11.7. The molecular formula is C32H32FN5O2. The fourth-order valence-corrected chi connectivity index (χ4v) is 7.37. The van der Waals surface area contributed by atoms with E-state index in [9.17, 15) is 14.0 Å². The third-order valence-electron chi connectivity index (χ3n) is 9.35. The molecule has 2 saturated carbocycles. The Labute approximate surface area is 233 Å². The molecule has 0 saturated heterocycles. The van der Waals surface area contributed by atoms with E-state index in [1.54, 1.807) is 24.4 Å². The lowest BCUT2D eigenvalue weighted by atomic mass is 9.80. The number of carbonyl (C=O) groups is 2. The number of carbonyl (C=O) groups excluding carboxylic acids is 2. The first-order valence-corrected chi connectivity index (χ1v) is 14.3. The van der Waals surface area contributed by atoms with Crippen LogP contribution in [-0.4, -0.2) is 51.9 Å². The number of nitrogens with one attached hydrogen (secondary N) is 1. The summed E-state index contributed by atoms with van der Waals surface area (Å²) in [4.78, 5) is 42.7. The van der Waals surface area contributed by atoms with Crippen LogP contribution in [0.5, 0.6) is 0 Å². The second-order valence-corrected chi connectivity index (χ2v) is 11.7. The number of halogens is 1. The lowest BCUT2D eigenvalue weighted by Gasteiger charge is -2.35. The molecule has 1 N–H and O–H groups in total. The van der Waals surface area contributed by atoms with Crippen LogP contribution >= 0.6 is 0 Å². The summed E-state index contributed by atoms with van der Waals surface area (Å²) < 4.78 is 14.7. The Bertz CT molecular complexity index is 1500. The van der Waals surface area contributed by atoms with E-state index in [1.807, 2.05) is 35.4 Å². The van der Waals surface area contributed by atoms with E-state index >= 15 is 0 Å². The van der Waals surface area contributed by atoms with Gasteiger partial charge in [-0.3, -0.25) is 19.6 Å². The zero-order valence-electron chi connectivity index (χ0n) is 22.4. The molecule has 2 fully saturated rings. The standard InChI is InChI=1S/C32H32FN5O2/c33-25-12-4-3-10-23(25)27-29(39)38(32(37-27)13-5-1-2-6-14-32)16-8-9-21-17-22-18-31(19-26(22)35-20-21)24-11-7-15-34-28(24)36-30(31)40/h3-4,7-12,15,17,20,22,26H,1-2,5-6,13-14,16,18-19H2,(H,34,36,40). The second kappa shape index (κ2) is 9.61. The molecule has 5 aliphatic rings. The van der Waals surface area contributed by atoms with E-state index in [0.29, 0.717) is 25.2 Å². The molecule has 7 nitrogen and oxygen atoms in total. The number of aromatic nitrogens is 1. The molecule has 7 rings (SSSR count). The number of aliphatic imine (C=N–C) groups is 2. The molecule has 1 aromatic carbocycles. The van der Waals surface area contributed by atoms with Gasteiger partial charge in [-0.15, -0.1) is 0 Å². The van der Waals surface area contributed by atoms with Gasteiger partial charge in [-0.2, -0.15) is 0 Å². The van der Waals surface area contributed by atoms with Crippen LogP contribution in [0.3, 0.4) is 0 Å². The molecule has 204 valence electrons. The molecule has 8 heteroatoms. The zero-order valence-corrected chi connectivity index (χ0v) is 22.4. The number of fused-ring (bicyclic) bond motifs is 3. The van der Waals surface area contributed by atoms with Crippen molar-refractivity contribution in [2.75, 3.05) is 11.9 Å². The lowest BCUT2D eigenvalue weighted by Crippen LogP contribution is -2.46. The van der Waals surface area contributed by atoms with Gasteiger partial charge in [0, 0.05) is 36.0 Å². The van der Waals surface area contributed by atoms with Crippen molar-refractivity contribution in [1.29, 1.82) is 0 Å². The maximum Gasteiger partial charge on any atom is 0.275 e. The van der Waals surface area contributed by atoms with Crippen molar-refractivity contribution in [3.8, 4) is 0 Å². The third kappa shape index (κ3) is 3.95. The molecule has 2 amide bonds. The van der Waals surface area contributed by atoms with Crippen molar-refractivity contribution in [3.05, 3.63) is 83.3 Å². The molecule has 40 heavy (non-hydrogen) atoms. The van der Waals surface area contributed by atoms with Crippen molar-refractivity contribution in [1.82, 2.24) is 9.88 Å². The van der Waals surface area contributed by atoms with E-state index < -0.39 is 16.9 Å². The van der Waals surface area contributed by atoms with E-state index in [2.05, 4.69) is 16.4 Å². The quantitative estimate of drug-likeness (QED) is 0.586. The molecule has 2 aromatic rings. The highest BCUT2D eigenvalue weighted by Crippen LogP contribution is 2.52. The summed E-state index contributed by atoms with van der Waals surface area (Å²) in [7, 11) is 0. The third-order valence-corrected chi connectivity index (χ3v) is 9.35. The van der Waals surface area contributed by atoms with Crippen LogP contribution in [0, 0.1) is 11.7 Å². The maximum atomic E-state index is 14.7. The number of nitrogens with zero attached hydrogens (tertiary/aromatic N) is 4. The maximum absolute atomic E-state index is 14.7. The molecule has 0 radical (unpaired) electrons. The van der Waals surface area contributed by atoms with Crippen molar-refractivity contribution in [3.63, 3.8) is 0 Å². The van der Waals surface area contributed by atoms with Crippen molar-refractivity contribution in [2.45, 2.75) is 68.5 Å². The number of rotatable bonds is 4. The number of benzene rings is 1. The Morgan fingerprint density at radius 3 is 2.70 bits per heavy atom. The molecule has 2 aliphatic carbocycles. The molecule has 3 aliphatic heterocycles. The number of amides is 2. The smallest absolute Gasteiger partial charge is 0.275 e. The highest BCUT2D eigenvalue weighted by Gasteiger charge is 2.55. The summed E-state index contributed by atoms with van der Waals surface area (Å²) >= 11 is 0. The average Bonchev–Trinajstić information content (AvgIpc) is 3.48. The molecule has 3 unspecified atom stereocenters. The monoisotopic (exact) mass is 537 g/mol. The Kier molecular flexibility index (Phi) is 6.02. The molecule has 2 spiro atoms. The van der Waals surface area contributed by atoms with Crippen LogP contribution in [0.15, 0.2) is 76.4 Å². The van der Waals surface area contributed by atoms with E-state index in [4.69, 9.17) is 9.98 Å². The van der Waals surface area contributed by atoms with Gasteiger partial charge in [0.1, 0.15) is 23.0 Å². The van der Waals surface area contributed by atoms with Crippen molar-refractivity contribution in [2.24, 2.45) is 15.9 Å². The highest BCUT2D eigenvalue weighted by atomic mass is 19.1. The van der Waals surface area contributed by atoms with Crippen molar-refractivity contribution < 1.29 is 14.0 Å². The summed E-state index contributed by atoms with van der Waals surface area (Å²) in [6, 6.07) is 10.3. The Hall–Kier alpha value is -3.94. The van der Waals surface area contributed by atoms with E-state index in [-0.39, 0.29) is 35.0 Å². The minimum absolute atomic E-state index is 0.0168. The fraction of sp³-hybridized carbons (Fsp3) is 0.406.